The van der Waals surface area contributed by atoms with Gasteiger partial charge >= 0.3 is 0 Å². The van der Waals surface area contributed by atoms with E-state index in [4.69, 9.17) is 5.11 Å². The summed E-state index contributed by atoms with van der Waals surface area (Å²) < 4.78 is 27.7. The largest absolute Gasteiger partial charge is 0.396 e. The van der Waals surface area contributed by atoms with Gasteiger partial charge in [0.15, 0.2) is 0 Å². The quantitative estimate of drug-likeness (QED) is 0.876. The molecule has 0 aliphatic heterocycles. The number of nitrogens with one attached hydrogen (secondary N) is 1. The highest BCUT2D eigenvalue weighted by molar-refractivity contribution is 9.10. The molecular formula is C14H18BrF2NO2. The van der Waals surface area contributed by atoms with E-state index in [1.54, 1.807) is 0 Å². The minimum Gasteiger partial charge on any atom is -0.396 e. The van der Waals surface area contributed by atoms with Crippen LogP contribution in [0, 0.1) is 17.0 Å². The number of rotatable bonds is 4. The molecule has 0 heterocycles. The van der Waals surface area contributed by atoms with Gasteiger partial charge in [-0.1, -0.05) is 36.7 Å². The third-order valence-corrected chi connectivity index (χ3v) is 3.46. The predicted molar refractivity (Wildman–Crippen MR) is 76.5 cm³/mol. The molecule has 112 valence electrons. The Labute approximate surface area is 125 Å². The van der Waals surface area contributed by atoms with Gasteiger partial charge in [-0.3, -0.25) is 4.79 Å². The highest BCUT2D eigenvalue weighted by atomic mass is 79.9. The van der Waals surface area contributed by atoms with Gasteiger partial charge < -0.3 is 10.4 Å². The second kappa shape index (κ2) is 6.63. The van der Waals surface area contributed by atoms with Crippen LogP contribution in [0.2, 0.25) is 0 Å². The molecule has 0 fully saturated rings. The lowest BCUT2D eigenvalue weighted by Gasteiger charge is -2.31. The van der Waals surface area contributed by atoms with Crippen molar-refractivity contribution in [3.05, 3.63) is 33.8 Å². The van der Waals surface area contributed by atoms with E-state index in [1.165, 1.54) is 0 Å². The molecule has 0 aromatic heterocycles. The van der Waals surface area contributed by atoms with Gasteiger partial charge in [-0.05, 0) is 24.0 Å². The van der Waals surface area contributed by atoms with Crippen molar-refractivity contribution in [1.29, 1.82) is 0 Å². The summed E-state index contributed by atoms with van der Waals surface area (Å²) in [5.41, 5.74) is -0.943. The molecule has 1 amide bonds. The number of amides is 1. The van der Waals surface area contributed by atoms with Crippen molar-refractivity contribution in [2.45, 2.75) is 33.2 Å². The van der Waals surface area contributed by atoms with Gasteiger partial charge in [0.05, 0.1) is 0 Å². The molecule has 1 aromatic carbocycles. The smallest absolute Gasteiger partial charge is 0.257 e. The summed E-state index contributed by atoms with van der Waals surface area (Å²) in [6.07, 6.45) is 0.314. The van der Waals surface area contributed by atoms with E-state index < -0.39 is 23.1 Å². The molecule has 0 radical (unpaired) electrons. The van der Waals surface area contributed by atoms with Gasteiger partial charge in [0.25, 0.3) is 5.91 Å². The van der Waals surface area contributed by atoms with Crippen LogP contribution < -0.4 is 5.32 Å². The van der Waals surface area contributed by atoms with E-state index in [9.17, 15) is 13.6 Å². The fourth-order valence-electron chi connectivity index (χ4n) is 1.84. The van der Waals surface area contributed by atoms with E-state index in [1.807, 2.05) is 20.8 Å². The van der Waals surface area contributed by atoms with Crippen LogP contribution in [0.15, 0.2) is 16.6 Å². The molecular weight excluding hydrogens is 332 g/mol. The molecule has 0 saturated heterocycles. The molecule has 2 N–H and O–H groups in total. The maximum atomic E-state index is 13.7. The van der Waals surface area contributed by atoms with Crippen LogP contribution >= 0.6 is 15.9 Å². The molecule has 6 heteroatoms. The molecule has 0 saturated carbocycles. The summed E-state index contributed by atoms with van der Waals surface area (Å²) in [6, 6.07) is 1.69. The molecule has 1 atom stereocenters. The standard InChI is InChI=1S/C14H18BrF2NO2/c1-14(2,3)11(4-5-19)18-13(20)12-9(16)6-8(15)7-10(12)17/h6-7,11,19H,4-5H2,1-3H3,(H,18,20). The van der Waals surface area contributed by atoms with Crippen molar-refractivity contribution in [3.8, 4) is 0 Å². The average Bonchev–Trinajstić information content (AvgIpc) is 2.25. The summed E-state index contributed by atoms with van der Waals surface area (Å²) in [4.78, 5) is 12.0. The van der Waals surface area contributed by atoms with Crippen LogP contribution in [0.1, 0.15) is 37.6 Å². The molecule has 0 spiro atoms. The first-order valence-corrected chi connectivity index (χ1v) is 7.02. The minimum atomic E-state index is -0.925. The number of carbonyl (C=O) groups excluding carboxylic acids is 1. The number of halogens is 3. The SMILES string of the molecule is CC(C)(C)C(CCO)NC(=O)c1c(F)cc(Br)cc1F. The Hall–Kier alpha value is -1.01. The lowest BCUT2D eigenvalue weighted by molar-refractivity contribution is 0.0876. The Bertz CT molecular complexity index is 477. The van der Waals surface area contributed by atoms with Gasteiger partial charge in [0.2, 0.25) is 0 Å². The van der Waals surface area contributed by atoms with Gasteiger partial charge in [-0.2, -0.15) is 0 Å². The summed E-state index contributed by atoms with van der Waals surface area (Å²) in [5.74, 6) is -2.67. The highest BCUT2D eigenvalue weighted by Gasteiger charge is 2.28. The van der Waals surface area contributed by atoms with Crippen LogP contribution in [0.4, 0.5) is 8.78 Å². The average molecular weight is 350 g/mol. The zero-order valence-electron chi connectivity index (χ0n) is 11.6. The lowest BCUT2D eigenvalue weighted by Crippen LogP contribution is -2.44. The minimum absolute atomic E-state index is 0.118. The summed E-state index contributed by atoms with van der Waals surface area (Å²) in [7, 11) is 0. The van der Waals surface area contributed by atoms with Gasteiger partial charge in [-0.25, -0.2) is 8.78 Å². The second-order valence-corrected chi connectivity index (χ2v) is 6.56. The molecule has 0 aliphatic carbocycles. The molecule has 1 unspecified atom stereocenters. The Kier molecular flexibility index (Phi) is 5.65. The van der Waals surface area contributed by atoms with Crippen molar-refractivity contribution < 1.29 is 18.7 Å². The number of hydrogen-bond donors (Lipinski definition) is 2. The Morgan fingerprint density at radius 2 is 1.85 bits per heavy atom. The first-order valence-electron chi connectivity index (χ1n) is 6.23. The number of hydrogen-bond acceptors (Lipinski definition) is 2. The lowest BCUT2D eigenvalue weighted by atomic mass is 9.84. The molecule has 1 rings (SSSR count). The number of carbonyl (C=O) groups is 1. The first kappa shape index (κ1) is 17.0. The number of aliphatic hydroxyl groups excluding tert-OH is 1. The molecule has 0 aliphatic rings. The summed E-state index contributed by atoms with van der Waals surface area (Å²) in [6.45, 7) is 5.51. The fourth-order valence-corrected chi connectivity index (χ4v) is 2.24. The van der Waals surface area contributed by atoms with Crippen molar-refractivity contribution in [1.82, 2.24) is 5.32 Å². The van der Waals surface area contributed by atoms with Gasteiger partial charge in [0, 0.05) is 17.1 Å². The summed E-state index contributed by atoms with van der Waals surface area (Å²) in [5, 5.41) is 11.6. The molecule has 0 bridgehead atoms. The Morgan fingerprint density at radius 3 is 2.25 bits per heavy atom. The van der Waals surface area contributed by atoms with Crippen LogP contribution in [0.3, 0.4) is 0 Å². The van der Waals surface area contributed by atoms with E-state index in [0.717, 1.165) is 12.1 Å². The maximum Gasteiger partial charge on any atom is 0.257 e. The topological polar surface area (TPSA) is 49.3 Å². The van der Waals surface area contributed by atoms with Crippen LogP contribution in [0.25, 0.3) is 0 Å². The van der Waals surface area contributed by atoms with E-state index in [2.05, 4.69) is 21.2 Å². The molecule has 3 nitrogen and oxygen atoms in total. The van der Waals surface area contributed by atoms with Crippen molar-refractivity contribution in [2.75, 3.05) is 6.61 Å². The first-order chi connectivity index (χ1) is 9.16. The second-order valence-electron chi connectivity index (χ2n) is 5.65. The van der Waals surface area contributed by atoms with Crippen LogP contribution in [-0.4, -0.2) is 23.7 Å². The van der Waals surface area contributed by atoms with Gasteiger partial charge in [0.1, 0.15) is 17.2 Å². The summed E-state index contributed by atoms with van der Waals surface area (Å²) >= 11 is 2.96. The third kappa shape index (κ3) is 4.24. The fraction of sp³-hybridized carbons (Fsp3) is 0.500. The van der Waals surface area contributed by atoms with Crippen molar-refractivity contribution in [2.24, 2.45) is 5.41 Å². The van der Waals surface area contributed by atoms with Crippen molar-refractivity contribution >= 4 is 21.8 Å². The van der Waals surface area contributed by atoms with Crippen LogP contribution in [0.5, 0.6) is 0 Å². The van der Waals surface area contributed by atoms with E-state index >= 15 is 0 Å². The Balaban J connectivity index is 3.01. The predicted octanol–water partition coefficient (Wildman–Crippen LogP) is 3.25. The number of benzene rings is 1. The van der Waals surface area contributed by atoms with E-state index in [0.29, 0.717) is 6.42 Å². The number of aliphatic hydroxyl groups is 1. The molecule has 1 aromatic rings. The monoisotopic (exact) mass is 349 g/mol. The zero-order chi connectivity index (χ0) is 15.5. The van der Waals surface area contributed by atoms with Crippen LogP contribution in [-0.2, 0) is 0 Å². The third-order valence-electron chi connectivity index (χ3n) is 3.00. The maximum absolute atomic E-state index is 13.7. The van der Waals surface area contributed by atoms with E-state index in [-0.39, 0.29) is 22.5 Å². The molecule has 20 heavy (non-hydrogen) atoms. The Morgan fingerprint density at radius 1 is 1.35 bits per heavy atom. The van der Waals surface area contributed by atoms with Crippen molar-refractivity contribution in [3.63, 3.8) is 0 Å². The normalized spacial score (nSPS) is 13.2. The highest BCUT2D eigenvalue weighted by Crippen LogP contribution is 2.24. The zero-order valence-corrected chi connectivity index (χ0v) is 13.2. The van der Waals surface area contributed by atoms with Gasteiger partial charge in [-0.15, -0.1) is 0 Å².